The molecule has 44 valence electrons. The summed E-state index contributed by atoms with van der Waals surface area (Å²) in [5.41, 5.74) is 0. The summed E-state index contributed by atoms with van der Waals surface area (Å²) in [7, 11) is -2.60. The monoisotopic (exact) mass is 126 g/mol. The van der Waals surface area contributed by atoms with Gasteiger partial charge < -0.3 is 11.0 Å². The molecule has 1 unspecified atom stereocenters. The zero-order chi connectivity index (χ0) is 4.99. The summed E-state index contributed by atoms with van der Waals surface area (Å²) in [5, 5.41) is 0. The molecule has 5 heteroatoms. The highest BCUT2D eigenvalue weighted by Crippen LogP contribution is 2.05. The second-order valence-electron chi connectivity index (χ2n) is 0.641. The third-order valence-electron chi connectivity index (χ3n) is 0.235. The minimum absolute atomic E-state index is 0. The van der Waals surface area contributed by atoms with Gasteiger partial charge in [-0.2, -0.15) is 0 Å². The molecule has 0 aromatic heterocycles. The molecule has 0 saturated carbocycles. The van der Waals surface area contributed by atoms with E-state index in [-0.39, 0.29) is 12.8 Å². The second kappa shape index (κ2) is 5.98. The molecule has 0 saturated heterocycles. The Kier molecular flexibility index (Phi) is 8.60. The lowest BCUT2D eigenvalue weighted by Gasteiger charge is -1.78. The van der Waals surface area contributed by atoms with E-state index >= 15 is 0 Å². The van der Waals surface area contributed by atoms with Crippen molar-refractivity contribution < 1.29 is 14.0 Å². The third kappa shape index (κ3) is 10.7. The largest absolute Gasteiger partial charge is 0.566 e. The first kappa shape index (κ1) is 10.1. The van der Waals surface area contributed by atoms with Crippen molar-refractivity contribution >= 4 is 8.25 Å². The Morgan fingerprint density at radius 1 is 1.86 bits per heavy atom. The van der Waals surface area contributed by atoms with Crippen molar-refractivity contribution in [2.75, 3.05) is 6.61 Å². The average Bonchev–Trinajstić information content (AvgIpc) is 1.35. The SMILES string of the molecule is CCO[P+](=O)[O-].[NH4+]. The summed E-state index contributed by atoms with van der Waals surface area (Å²) < 4.78 is 13.4. The fourth-order valence-corrected chi connectivity index (χ4v) is 0.316. The smallest absolute Gasteiger partial charge is 0.488 e. The molecule has 1 atom stereocenters. The van der Waals surface area contributed by atoms with Gasteiger partial charge in [0.15, 0.2) is 0 Å². The van der Waals surface area contributed by atoms with E-state index in [1.807, 2.05) is 0 Å². The molecular weight excluding hydrogens is 117 g/mol. The third-order valence-corrected chi connectivity index (χ3v) is 0.704. The van der Waals surface area contributed by atoms with Crippen molar-refractivity contribution in [2.24, 2.45) is 0 Å². The maximum atomic E-state index is 9.41. The van der Waals surface area contributed by atoms with E-state index < -0.39 is 8.25 Å². The fourth-order valence-electron chi connectivity index (χ4n) is 0.105. The highest BCUT2D eigenvalue weighted by molar-refractivity contribution is 7.30. The van der Waals surface area contributed by atoms with Gasteiger partial charge in [-0.1, -0.05) is 0 Å². The zero-order valence-corrected chi connectivity index (χ0v) is 5.27. The minimum Gasteiger partial charge on any atom is -0.566 e. The Hall–Kier alpha value is -0.0200. The molecule has 0 aromatic rings. The van der Waals surface area contributed by atoms with E-state index in [1.54, 1.807) is 6.92 Å². The fraction of sp³-hybridized carbons (Fsp3) is 1.00. The Bertz CT molecular complexity index is 56.9. The van der Waals surface area contributed by atoms with Gasteiger partial charge in [0.1, 0.15) is 0 Å². The molecule has 4 nitrogen and oxygen atoms in total. The van der Waals surface area contributed by atoms with Crippen molar-refractivity contribution in [2.45, 2.75) is 6.92 Å². The van der Waals surface area contributed by atoms with Crippen LogP contribution in [0.25, 0.3) is 0 Å². The molecule has 0 bridgehead atoms. The Morgan fingerprint density at radius 2 is 2.29 bits per heavy atom. The van der Waals surface area contributed by atoms with Crippen LogP contribution in [0.2, 0.25) is 0 Å². The molecule has 0 aliphatic carbocycles. The van der Waals surface area contributed by atoms with Crippen LogP contribution in [0.4, 0.5) is 0 Å². The molecule has 4 N–H and O–H groups in total. The number of hydrogen-bond donors (Lipinski definition) is 1. The lowest BCUT2D eigenvalue weighted by Crippen LogP contribution is -1.88. The van der Waals surface area contributed by atoms with Crippen LogP contribution < -0.4 is 11.0 Å². The van der Waals surface area contributed by atoms with Crippen LogP contribution in [0.5, 0.6) is 0 Å². The normalized spacial score (nSPS) is 9.71. The molecule has 0 heterocycles. The minimum atomic E-state index is -2.60. The highest BCUT2D eigenvalue weighted by Gasteiger charge is 1.92. The molecule has 0 fully saturated rings. The number of hydrogen-bond acceptors (Lipinski definition) is 3. The van der Waals surface area contributed by atoms with Crippen LogP contribution in [-0.4, -0.2) is 6.61 Å². The van der Waals surface area contributed by atoms with Gasteiger partial charge in [0.2, 0.25) is 0 Å². The number of quaternary nitrogens is 1. The van der Waals surface area contributed by atoms with Crippen LogP contribution in [0.15, 0.2) is 0 Å². The summed E-state index contributed by atoms with van der Waals surface area (Å²) in [5.74, 6) is 0. The van der Waals surface area contributed by atoms with Crippen molar-refractivity contribution in [1.82, 2.24) is 6.15 Å². The van der Waals surface area contributed by atoms with Gasteiger partial charge in [-0.15, -0.1) is 4.52 Å². The quantitative estimate of drug-likeness (QED) is 0.544. The Labute approximate surface area is 43.0 Å². The van der Waals surface area contributed by atoms with Crippen LogP contribution in [0, 0.1) is 0 Å². The van der Waals surface area contributed by atoms with Gasteiger partial charge in [-0.3, -0.25) is 0 Å². The molecule has 7 heavy (non-hydrogen) atoms. The Balaban J connectivity index is 0. The van der Waals surface area contributed by atoms with E-state index in [9.17, 15) is 9.46 Å². The molecule has 0 spiro atoms. The van der Waals surface area contributed by atoms with Crippen molar-refractivity contribution in [1.29, 1.82) is 0 Å². The summed E-state index contributed by atoms with van der Waals surface area (Å²) in [6.45, 7) is 1.85. The standard InChI is InChI=1S/C2H5O3P.H3N/c1-2-5-6(3)4;/h2H2,1H3;1H3/p+1. The number of rotatable bonds is 2. The average molecular weight is 126 g/mol. The van der Waals surface area contributed by atoms with Crippen LogP contribution in [-0.2, 0) is 9.09 Å². The van der Waals surface area contributed by atoms with E-state index in [1.165, 1.54) is 0 Å². The van der Waals surface area contributed by atoms with Gasteiger partial charge in [0, 0.05) is 0 Å². The maximum absolute atomic E-state index is 9.41. The van der Waals surface area contributed by atoms with E-state index in [0.29, 0.717) is 0 Å². The molecule has 0 aliphatic rings. The lowest BCUT2D eigenvalue weighted by molar-refractivity contribution is -0.185. The van der Waals surface area contributed by atoms with Crippen molar-refractivity contribution in [3.8, 4) is 0 Å². The van der Waals surface area contributed by atoms with Gasteiger partial charge >= 0.3 is 8.25 Å². The van der Waals surface area contributed by atoms with Gasteiger partial charge in [-0.25, -0.2) is 0 Å². The lowest BCUT2D eigenvalue weighted by atomic mass is 10.9. The van der Waals surface area contributed by atoms with Gasteiger partial charge in [-0.05, 0) is 11.5 Å². The highest BCUT2D eigenvalue weighted by atomic mass is 31.1. The predicted octanol–water partition coefficient (Wildman–Crippen LogP) is 0.417. The zero-order valence-electron chi connectivity index (χ0n) is 4.38. The van der Waals surface area contributed by atoms with Crippen LogP contribution in [0.1, 0.15) is 6.92 Å². The Morgan fingerprint density at radius 3 is 2.29 bits per heavy atom. The molecule has 0 amide bonds. The van der Waals surface area contributed by atoms with E-state index in [2.05, 4.69) is 4.52 Å². The summed E-state index contributed by atoms with van der Waals surface area (Å²) >= 11 is 0. The van der Waals surface area contributed by atoms with Crippen LogP contribution in [0.3, 0.4) is 0 Å². The first-order valence-electron chi connectivity index (χ1n) is 1.54. The molecule has 0 aliphatic heterocycles. The summed E-state index contributed by atoms with van der Waals surface area (Å²) in [6, 6.07) is 0. The van der Waals surface area contributed by atoms with Crippen molar-refractivity contribution in [3.05, 3.63) is 0 Å². The second-order valence-corrected chi connectivity index (χ2v) is 1.35. The topological polar surface area (TPSA) is 85.9 Å². The summed E-state index contributed by atoms with van der Waals surface area (Å²) in [4.78, 5) is 9.41. The summed E-state index contributed by atoms with van der Waals surface area (Å²) in [6.07, 6.45) is 0. The first-order chi connectivity index (χ1) is 2.77. The van der Waals surface area contributed by atoms with E-state index in [4.69, 9.17) is 0 Å². The van der Waals surface area contributed by atoms with Gasteiger partial charge in [0.05, 0.1) is 6.61 Å². The van der Waals surface area contributed by atoms with Gasteiger partial charge in [0.25, 0.3) is 0 Å². The molecule has 0 aromatic carbocycles. The van der Waals surface area contributed by atoms with Crippen molar-refractivity contribution in [3.63, 3.8) is 0 Å². The predicted molar refractivity (Wildman–Crippen MR) is 25.2 cm³/mol. The molecule has 0 radical (unpaired) electrons. The first-order valence-corrected chi connectivity index (χ1v) is 2.64. The van der Waals surface area contributed by atoms with Crippen LogP contribution >= 0.6 is 8.25 Å². The molecular formula is C2H9NO3P+. The maximum Gasteiger partial charge on any atom is 0.488 e. The molecule has 0 rings (SSSR count). The van der Waals surface area contributed by atoms with E-state index in [0.717, 1.165) is 0 Å².